The molecule has 0 saturated heterocycles. The summed E-state index contributed by atoms with van der Waals surface area (Å²) in [5.41, 5.74) is 0.649. The maximum atomic E-state index is 11.9. The number of rotatable bonds is 5. The summed E-state index contributed by atoms with van der Waals surface area (Å²) in [7, 11) is -3.62. The molecule has 0 heterocycles. The fraction of sp³-hybridized carbons (Fsp3) is 0.364. The quantitative estimate of drug-likeness (QED) is 0.801. The van der Waals surface area contributed by atoms with E-state index in [4.69, 9.17) is 0 Å². The number of nitrogens with one attached hydrogen (secondary N) is 2. The molecular weight excluding hydrogens is 240 g/mol. The highest BCUT2D eigenvalue weighted by molar-refractivity contribution is 7.89. The molecule has 5 nitrogen and oxygen atoms in total. The van der Waals surface area contributed by atoms with Gasteiger partial charge in [-0.1, -0.05) is 18.2 Å². The Morgan fingerprint density at radius 2 is 1.94 bits per heavy atom. The third-order valence-electron chi connectivity index (χ3n) is 2.18. The molecule has 0 aromatic heterocycles. The molecule has 0 aliphatic carbocycles. The number of benzene rings is 1. The summed E-state index contributed by atoms with van der Waals surface area (Å²) >= 11 is 0. The van der Waals surface area contributed by atoms with Crippen LogP contribution in [0.3, 0.4) is 0 Å². The molecule has 1 aromatic carbocycles. The second kappa shape index (κ2) is 5.79. The van der Waals surface area contributed by atoms with Gasteiger partial charge in [0.25, 0.3) is 0 Å². The van der Waals surface area contributed by atoms with Gasteiger partial charge in [0.15, 0.2) is 0 Å². The van der Waals surface area contributed by atoms with Crippen molar-refractivity contribution in [3.8, 4) is 0 Å². The predicted octanol–water partition coefficient (Wildman–Crippen LogP) is 0.409. The van der Waals surface area contributed by atoms with Crippen LogP contribution in [-0.2, 0) is 14.8 Å². The maximum absolute atomic E-state index is 11.9. The van der Waals surface area contributed by atoms with Crippen LogP contribution in [0, 0.1) is 6.92 Å². The molecule has 6 heteroatoms. The van der Waals surface area contributed by atoms with Crippen LogP contribution in [0.4, 0.5) is 0 Å². The third kappa shape index (κ3) is 3.83. The van der Waals surface area contributed by atoms with Crippen molar-refractivity contribution < 1.29 is 13.2 Å². The zero-order valence-electron chi connectivity index (χ0n) is 9.86. The van der Waals surface area contributed by atoms with E-state index in [1.54, 1.807) is 32.0 Å². The fourth-order valence-electron chi connectivity index (χ4n) is 1.36. The van der Waals surface area contributed by atoms with Crippen LogP contribution in [0.15, 0.2) is 29.2 Å². The number of hydrogen-bond acceptors (Lipinski definition) is 3. The molecule has 0 aliphatic rings. The average molecular weight is 256 g/mol. The highest BCUT2D eigenvalue weighted by Gasteiger charge is 2.16. The summed E-state index contributed by atoms with van der Waals surface area (Å²) in [5.74, 6) is -0.343. The van der Waals surface area contributed by atoms with Gasteiger partial charge in [0.2, 0.25) is 15.9 Å². The summed E-state index contributed by atoms with van der Waals surface area (Å²) in [6.45, 7) is 3.71. The Balaban J connectivity index is 2.77. The molecule has 0 atom stereocenters. The van der Waals surface area contributed by atoms with Crippen LogP contribution >= 0.6 is 0 Å². The molecule has 2 N–H and O–H groups in total. The molecule has 1 amide bonds. The van der Waals surface area contributed by atoms with Crippen molar-refractivity contribution in [3.63, 3.8) is 0 Å². The molecule has 0 saturated carbocycles. The third-order valence-corrected chi connectivity index (χ3v) is 3.74. The lowest BCUT2D eigenvalue weighted by atomic mass is 10.2. The van der Waals surface area contributed by atoms with Crippen LogP contribution in [0.1, 0.15) is 12.5 Å². The largest absolute Gasteiger partial charge is 0.355 e. The maximum Gasteiger partial charge on any atom is 0.241 e. The van der Waals surface area contributed by atoms with Gasteiger partial charge >= 0.3 is 0 Å². The number of aryl methyl sites for hydroxylation is 1. The summed E-state index contributed by atoms with van der Waals surface area (Å²) < 4.78 is 26.0. The van der Waals surface area contributed by atoms with Gasteiger partial charge in [-0.05, 0) is 25.5 Å². The topological polar surface area (TPSA) is 75.3 Å². The van der Waals surface area contributed by atoms with E-state index in [2.05, 4.69) is 10.0 Å². The van der Waals surface area contributed by atoms with Gasteiger partial charge in [0.05, 0.1) is 11.4 Å². The smallest absolute Gasteiger partial charge is 0.241 e. The Hall–Kier alpha value is -1.40. The van der Waals surface area contributed by atoms with Gasteiger partial charge in [0.1, 0.15) is 0 Å². The molecule has 0 fully saturated rings. The molecule has 0 bridgehead atoms. The standard InChI is InChI=1S/C11H16N2O3S/c1-3-12-11(14)8-13-17(15,16)10-7-5-4-6-9(10)2/h4-7,13H,3,8H2,1-2H3,(H,12,14). The Morgan fingerprint density at radius 1 is 1.29 bits per heavy atom. The van der Waals surface area contributed by atoms with Crippen molar-refractivity contribution in [3.05, 3.63) is 29.8 Å². The molecule has 0 radical (unpaired) electrons. The van der Waals surface area contributed by atoms with Crippen LogP contribution in [-0.4, -0.2) is 27.4 Å². The molecule has 1 rings (SSSR count). The van der Waals surface area contributed by atoms with Gasteiger partial charge < -0.3 is 5.32 Å². The molecule has 94 valence electrons. The molecule has 0 aliphatic heterocycles. The Bertz CT molecular complexity index is 497. The number of sulfonamides is 1. The lowest BCUT2D eigenvalue weighted by Gasteiger charge is -2.08. The van der Waals surface area contributed by atoms with Gasteiger partial charge in [-0.25, -0.2) is 13.1 Å². The van der Waals surface area contributed by atoms with Crippen LogP contribution in [0.25, 0.3) is 0 Å². The van der Waals surface area contributed by atoms with Gasteiger partial charge in [-0.2, -0.15) is 0 Å². The minimum Gasteiger partial charge on any atom is -0.355 e. The minimum atomic E-state index is -3.62. The predicted molar refractivity (Wildman–Crippen MR) is 65.1 cm³/mol. The van der Waals surface area contributed by atoms with E-state index in [-0.39, 0.29) is 17.3 Å². The molecule has 0 spiro atoms. The van der Waals surface area contributed by atoms with Gasteiger partial charge in [0, 0.05) is 6.54 Å². The first kappa shape index (κ1) is 13.7. The lowest BCUT2D eigenvalue weighted by molar-refractivity contribution is -0.119. The highest BCUT2D eigenvalue weighted by Crippen LogP contribution is 2.13. The molecular formula is C11H16N2O3S. The SMILES string of the molecule is CCNC(=O)CNS(=O)(=O)c1ccccc1C. The first-order valence-corrected chi connectivity index (χ1v) is 6.77. The fourth-order valence-corrected chi connectivity index (χ4v) is 2.58. The second-order valence-electron chi connectivity index (χ2n) is 3.54. The van der Waals surface area contributed by atoms with Crippen molar-refractivity contribution in [2.24, 2.45) is 0 Å². The van der Waals surface area contributed by atoms with E-state index in [1.165, 1.54) is 6.07 Å². The van der Waals surface area contributed by atoms with E-state index < -0.39 is 10.0 Å². The normalized spacial score (nSPS) is 11.2. The first-order chi connectivity index (χ1) is 7.97. The first-order valence-electron chi connectivity index (χ1n) is 5.29. The van der Waals surface area contributed by atoms with Gasteiger partial charge in [-0.15, -0.1) is 0 Å². The summed E-state index contributed by atoms with van der Waals surface area (Å²) in [6, 6.07) is 6.63. The van der Waals surface area contributed by atoms with Crippen molar-refractivity contribution in [1.82, 2.24) is 10.0 Å². The summed E-state index contributed by atoms with van der Waals surface area (Å²) in [4.78, 5) is 11.4. The van der Waals surface area contributed by atoms with E-state index in [0.717, 1.165) is 0 Å². The zero-order valence-corrected chi connectivity index (χ0v) is 10.7. The second-order valence-corrected chi connectivity index (χ2v) is 5.28. The van der Waals surface area contributed by atoms with E-state index in [0.29, 0.717) is 12.1 Å². The van der Waals surface area contributed by atoms with Crippen molar-refractivity contribution >= 4 is 15.9 Å². The summed E-state index contributed by atoms with van der Waals surface area (Å²) in [6.07, 6.45) is 0. The monoisotopic (exact) mass is 256 g/mol. The van der Waals surface area contributed by atoms with Crippen LogP contribution in [0.5, 0.6) is 0 Å². The molecule has 1 aromatic rings. The Kier molecular flexibility index (Phi) is 4.65. The van der Waals surface area contributed by atoms with Crippen LogP contribution in [0.2, 0.25) is 0 Å². The van der Waals surface area contributed by atoms with E-state index in [9.17, 15) is 13.2 Å². The van der Waals surface area contributed by atoms with Crippen molar-refractivity contribution in [2.45, 2.75) is 18.7 Å². The van der Waals surface area contributed by atoms with E-state index in [1.807, 2.05) is 0 Å². The number of carbonyl (C=O) groups excluding carboxylic acids is 1. The Labute approximate surface area is 101 Å². The van der Waals surface area contributed by atoms with Crippen molar-refractivity contribution in [1.29, 1.82) is 0 Å². The molecule has 17 heavy (non-hydrogen) atoms. The number of likely N-dealkylation sites (N-methyl/N-ethyl adjacent to an activating group) is 1. The highest BCUT2D eigenvalue weighted by atomic mass is 32.2. The summed E-state index contributed by atoms with van der Waals surface area (Å²) in [5, 5.41) is 2.52. The van der Waals surface area contributed by atoms with Crippen LogP contribution < -0.4 is 10.0 Å². The minimum absolute atomic E-state index is 0.198. The van der Waals surface area contributed by atoms with E-state index >= 15 is 0 Å². The lowest BCUT2D eigenvalue weighted by Crippen LogP contribution is -2.36. The molecule has 0 unspecified atom stereocenters. The zero-order chi connectivity index (χ0) is 12.9. The Morgan fingerprint density at radius 3 is 2.53 bits per heavy atom. The number of carbonyl (C=O) groups is 1. The van der Waals surface area contributed by atoms with Crippen molar-refractivity contribution in [2.75, 3.05) is 13.1 Å². The number of amides is 1. The number of hydrogen-bond donors (Lipinski definition) is 2. The van der Waals surface area contributed by atoms with Gasteiger partial charge in [-0.3, -0.25) is 4.79 Å². The average Bonchev–Trinajstić information content (AvgIpc) is 2.27.